The Morgan fingerprint density at radius 1 is 1.16 bits per heavy atom. The monoisotopic (exact) mass is 260 g/mol. The summed E-state index contributed by atoms with van der Waals surface area (Å²) in [4.78, 5) is 10.2. The van der Waals surface area contributed by atoms with Crippen molar-refractivity contribution in [2.75, 3.05) is 30.9 Å². The Bertz CT molecular complexity index is 525. The van der Waals surface area contributed by atoms with Crippen LogP contribution in [0.1, 0.15) is 5.56 Å². The SMILES string of the molecule is CN(C)c1cc(NCCc2ccc(F)cc2)ncn1. The predicted octanol–water partition coefficient (Wildman–Crippen LogP) is 2.34. The lowest BCUT2D eigenvalue weighted by atomic mass is 10.1. The maximum Gasteiger partial charge on any atom is 0.133 e. The van der Waals surface area contributed by atoms with E-state index in [0.717, 1.165) is 30.2 Å². The van der Waals surface area contributed by atoms with E-state index in [1.54, 1.807) is 12.1 Å². The third-order valence-corrected chi connectivity index (χ3v) is 2.74. The molecule has 5 heteroatoms. The first-order chi connectivity index (χ1) is 9.15. The van der Waals surface area contributed by atoms with Gasteiger partial charge in [0.25, 0.3) is 0 Å². The molecule has 0 spiro atoms. The average Bonchev–Trinajstić information content (AvgIpc) is 2.41. The van der Waals surface area contributed by atoms with Gasteiger partial charge in [-0.3, -0.25) is 0 Å². The van der Waals surface area contributed by atoms with E-state index < -0.39 is 0 Å². The van der Waals surface area contributed by atoms with Gasteiger partial charge >= 0.3 is 0 Å². The zero-order valence-corrected chi connectivity index (χ0v) is 11.1. The summed E-state index contributed by atoms with van der Waals surface area (Å²) in [6, 6.07) is 8.43. The lowest BCUT2D eigenvalue weighted by Gasteiger charge is -2.12. The van der Waals surface area contributed by atoms with Crippen LogP contribution in [0, 0.1) is 5.82 Å². The summed E-state index contributed by atoms with van der Waals surface area (Å²) >= 11 is 0. The molecule has 0 bridgehead atoms. The third-order valence-electron chi connectivity index (χ3n) is 2.74. The second kappa shape index (κ2) is 6.13. The van der Waals surface area contributed by atoms with Crippen LogP contribution in [-0.4, -0.2) is 30.6 Å². The summed E-state index contributed by atoms with van der Waals surface area (Å²) in [6.45, 7) is 0.746. The normalized spacial score (nSPS) is 10.3. The number of nitrogens with zero attached hydrogens (tertiary/aromatic N) is 3. The molecule has 0 aliphatic rings. The first-order valence-corrected chi connectivity index (χ1v) is 6.13. The van der Waals surface area contributed by atoms with Crippen LogP contribution in [0.2, 0.25) is 0 Å². The van der Waals surface area contributed by atoms with Gasteiger partial charge in [0.1, 0.15) is 23.8 Å². The largest absolute Gasteiger partial charge is 0.370 e. The maximum atomic E-state index is 12.8. The molecule has 0 atom stereocenters. The first kappa shape index (κ1) is 13.3. The maximum absolute atomic E-state index is 12.8. The number of hydrogen-bond donors (Lipinski definition) is 1. The molecule has 2 rings (SSSR count). The van der Waals surface area contributed by atoms with Gasteiger partial charge in [-0.1, -0.05) is 12.1 Å². The van der Waals surface area contributed by atoms with Gasteiger partial charge in [-0.25, -0.2) is 14.4 Å². The Balaban J connectivity index is 1.88. The Morgan fingerprint density at radius 2 is 1.89 bits per heavy atom. The average molecular weight is 260 g/mol. The van der Waals surface area contributed by atoms with E-state index in [4.69, 9.17) is 0 Å². The van der Waals surface area contributed by atoms with Crippen LogP contribution in [0.4, 0.5) is 16.0 Å². The fraction of sp³-hybridized carbons (Fsp3) is 0.286. The van der Waals surface area contributed by atoms with Gasteiger partial charge in [0, 0.05) is 26.7 Å². The Morgan fingerprint density at radius 3 is 2.58 bits per heavy atom. The van der Waals surface area contributed by atoms with Gasteiger partial charge in [-0.15, -0.1) is 0 Å². The number of rotatable bonds is 5. The highest BCUT2D eigenvalue weighted by Gasteiger charge is 2.00. The number of anilines is 2. The van der Waals surface area contributed by atoms with Crippen molar-refractivity contribution in [3.8, 4) is 0 Å². The van der Waals surface area contributed by atoms with E-state index in [0.29, 0.717) is 0 Å². The molecule has 4 nitrogen and oxygen atoms in total. The van der Waals surface area contributed by atoms with Gasteiger partial charge in [0.05, 0.1) is 0 Å². The van der Waals surface area contributed by atoms with Crippen molar-refractivity contribution < 1.29 is 4.39 Å². The van der Waals surface area contributed by atoms with Gasteiger partial charge in [-0.05, 0) is 24.1 Å². The lowest BCUT2D eigenvalue weighted by molar-refractivity contribution is 0.627. The Labute approximate surface area is 112 Å². The number of hydrogen-bond acceptors (Lipinski definition) is 4. The second-order valence-corrected chi connectivity index (χ2v) is 4.46. The highest BCUT2D eigenvalue weighted by molar-refractivity contribution is 5.47. The first-order valence-electron chi connectivity index (χ1n) is 6.13. The molecule has 0 unspecified atom stereocenters. The van der Waals surface area contributed by atoms with Crippen LogP contribution >= 0.6 is 0 Å². The highest BCUT2D eigenvalue weighted by Crippen LogP contribution is 2.11. The van der Waals surface area contributed by atoms with Crippen molar-refractivity contribution in [2.45, 2.75) is 6.42 Å². The summed E-state index contributed by atoms with van der Waals surface area (Å²) in [5.41, 5.74) is 1.09. The zero-order valence-electron chi connectivity index (χ0n) is 11.1. The number of nitrogens with one attached hydrogen (secondary N) is 1. The fourth-order valence-electron chi connectivity index (χ4n) is 1.67. The van der Waals surface area contributed by atoms with Crippen LogP contribution in [0.25, 0.3) is 0 Å². The van der Waals surface area contributed by atoms with Gasteiger partial charge in [0.15, 0.2) is 0 Å². The minimum absolute atomic E-state index is 0.205. The van der Waals surface area contributed by atoms with Crippen molar-refractivity contribution in [3.05, 3.63) is 48.0 Å². The van der Waals surface area contributed by atoms with Crippen LogP contribution in [0.5, 0.6) is 0 Å². The van der Waals surface area contributed by atoms with Gasteiger partial charge in [-0.2, -0.15) is 0 Å². The highest BCUT2D eigenvalue weighted by atomic mass is 19.1. The molecule has 0 saturated carbocycles. The molecule has 0 radical (unpaired) electrons. The van der Waals surface area contributed by atoms with Gasteiger partial charge in [0.2, 0.25) is 0 Å². The van der Waals surface area contributed by atoms with Gasteiger partial charge < -0.3 is 10.2 Å². The molecular weight excluding hydrogens is 243 g/mol. The molecule has 0 aliphatic heterocycles. The molecule has 100 valence electrons. The Hall–Kier alpha value is -2.17. The van der Waals surface area contributed by atoms with Crippen LogP contribution in [0.3, 0.4) is 0 Å². The molecule has 1 aromatic carbocycles. The molecule has 1 heterocycles. The number of aromatic nitrogens is 2. The molecule has 2 aromatic rings. The lowest BCUT2D eigenvalue weighted by Crippen LogP contribution is -2.12. The zero-order chi connectivity index (χ0) is 13.7. The molecule has 0 saturated heterocycles. The van der Waals surface area contributed by atoms with E-state index in [1.807, 2.05) is 25.1 Å². The Kier molecular flexibility index (Phi) is 4.28. The van der Waals surface area contributed by atoms with Crippen molar-refractivity contribution in [1.29, 1.82) is 0 Å². The topological polar surface area (TPSA) is 41.0 Å². The van der Waals surface area contributed by atoms with Crippen LogP contribution in [0.15, 0.2) is 36.7 Å². The summed E-state index contributed by atoms with van der Waals surface area (Å²) in [6.07, 6.45) is 2.36. The quantitative estimate of drug-likeness (QED) is 0.896. The minimum atomic E-state index is -0.205. The molecule has 19 heavy (non-hydrogen) atoms. The van der Waals surface area contributed by atoms with Crippen molar-refractivity contribution in [3.63, 3.8) is 0 Å². The number of benzene rings is 1. The molecule has 1 aromatic heterocycles. The number of halogens is 1. The van der Waals surface area contributed by atoms with Crippen LogP contribution in [-0.2, 0) is 6.42 Å². The smallest absolute Gasteiger partial charge is 0.133 e. The van der Waals surface area contributed by atoms with E-state index in [9.17, 15) is 4.39 Å². The van der Waals surface area contributed by atoms with E-state index in [-0.39, 0.29) is 5.82 Å². The van der Waals surface area contributed by atoms with Crippen molar-refractivity contribution in [1.82, 2.24) is 9.97 Å². The predicted molar refractivity (Wildman–Crippen MR) is 75.0 cm³/mol. The standard InChI is InChI=1S/C14H17FN4/c1-19(2)14-9-13(17-10-18-14)16-8-7-11-3-5-12(15)6-4-11/h3-6,9-10H,7-8H2,1-2H3,(H,16,17,18). The fourth-order valence-corrected chi connectivity index (χ4v) is 1.67. The molecule has 1 N–H and O–H groups in total. The molecular formula is C14H17FN4. The van der Waals surface area contributed by atoms with E-state index >= 15 is 0 Å². The summed E-state index contributed by atoms with van der Waals surface area (Å²) < 4.78 is 12.8. The molecule has 0 fully saturated rings. The van der Waals surface area contributed by atoms with Crippen molar-refractivity contribution in [2.24, 2.45) is 0 Å². The second-order valence-electron chi connectivity index (χ2n) is 4.46. The third kappa shape index (κ3) is 3.91. The summed E-state index contributed by atoms with van der Waals surface area (Å²) in [7, 11) is 3.87. The molecule has 0 amide bonds. The summed E-state index contributed by atoms with van der Waals surface area (Å²) in [5.74, 6) is 1.45. The van der Waals surface area contributed by atoms with Crippen LogP contribution < -0.4 is 10.2 Å². The van der Waals surface area contributed by atoms with Crippen molar-refractivity contribution >= 4 is 11.6 Å². The van der Waals surface area contributed by atoms with E-state index in [2.05, 4.69) is 15.3 Å². The minimum Gasteiger partial charge on any atom is -0.370 e. The van der Waals surface area contributed by atoms with E-state index in [1.165, 1.54) is 18.5 Å². The summed E-state index contributed by atoms with van der Waals surface area (Å²) in [5, 5.41) is 3.23. The molecule has 0 aliphatic carbocycles.